The lowest BCUT2D eigenvalue weighted by Gasteiger charge is -2.32. The lowest BCUT2D eigenvalue weighted by molar-refractivity contribution is 0.00578. The molecule has 4 nitrogen and oxygen atoms in total. The molecule has 0 unspecified atom stereocenters. The van der Waals surface area contributed by atoms with E-state index >= 15 is 0 Å². The Labute approximate surface area is 107 Å². The van der Waals surface area contributed by atoms with Crippen molar-refractivity contribution in [3.05, 3.63) is 12.0 Å². The van der Waals surface area contributed by atoms with Crippen LogP contribution in [0.1, 0.15) is 46.6 Å². The van der Waals surface area contributed by atoms with E-state index in [1.54, 1.807) is 4.68 Å². The van der Waals surface area contributed by atoms with E-state index in [4.69, 9.17) is 9.31 Å². The Hall–Kier alpha value is -0.875. The predicted molar refractivity (Wildman–Crippen MR) is 66.2 cm³/mol. The van der Waals surface area contributed by atoms with Gasteiger partial charge in [-0.3, -0.25) is 4.68 Å². The Balaban J connectivity index is 1.93. The highest BCUT2D eigenvalue weighted by molar-refractivity contribution is 6.61. The first-order chi connectivity index (χ1) is 8.30. The van der Waals surface area contributed by atoms with Crippen LogP contribution in [-0.2, 0) is 9.31 Å². The quantitative estimate of drug-likeness (QED) is 0.751. The van der Waals surface area contributed by atoms with E-state index < -0.39 is 24.3 Å². The average Bonchev–Trinajstić information content (AvgIpc) is 2.95. The summed E-state index contributed by atoms with van der Waals surface area (Å²) < 4.78 is 27.0. The van der Waals surface area contributed by atoms with E-state index in [9.17, 15) is 4.39 Å². The molecule has 98 valence electrons. The summed E-state index contributed by atoms with van der Waals surface area (Å²) in [5, 5.41) is 3.90. The van der Waals surface area contributed by atoms with Gasteiger partial charge in [-0.1, -0.05) is 0 Å². The fourth-order valence-corrected chi connectivity index (χ4v) is 2.13. The zero-order valence-corrected chi connectivity index (χ0v) is 11.2. The van der Waals surface area contributed by atoms with Crippen LogP contribution in [0.2, 0.25) is 0 Å². The topological polar surface area (TPSA) is 36.3 Å². The molecule has 0 atom stereocenters. The van der Waals surface area contributed by atoms with Gasteiger partial charge in [0.1, 0.15) is 0 Å². The van der Waals surface area contributed by atoms with E-state index in [2.05, 4.69) is 5.10 Å². The molecular formula is C12H18BFN2O2. The normalized spacial score (nSPS) is 25.7. The highest BCUT2D eigenvalue weighted by Crippen LogP contribution is 2.38. The van der Waals surface area contributed by atoms with Crippen molar-refractivity contribution < 1.29 is 13.7 Å². The van der Waals surface area contributed by atoms with Crippen molar-refractivity contribution in [1.82, 2.24) is 9.78 Å². The lowest BCUT2D eigenvalue weighted by atomic mass is 9.84. The van der Waals surface area contributed by atoms with Crippen LogP contribution in [0.15, 0.2) is 6.07 Å². The number of hydrogen-bond donors (Lipinski definition) is 0. The molecular weight excluding hydrogens is 234 g/mol. The van der Waals surface area contributed by atoms with E-state index in [1.807, 2.05) is 27.7 Å². The minimum atomic E-state index is -0.535. The maximum Gasteiger partial charge on any atom is 0.514 e. The molecule has 1 aromatic heterocycles. The summed E-state index contributed by atoms with van der Waals surface area (Å²) in [4.78, 5) is 0. The molecule has 1 aromatic rings. The van der Waals surface area contributed by atoms with Crippen LogP contribution in [0, 0.1) is 5.95 Å². The van der Waals surface area contributed by atoms with Crippen LogP contribution in [0.5, 0.6) is 0 Å². The lowest BCUT2D eigenvalue weighted by Crippen LogP contribution is -2.41. The van der Waals surface area contributed by atoms with Crippen LogP contribution in [-0.4, -0.2) is 28.1 Å². The summed E-state index contributed by atoms with van der Waals surface area (Å²) in [5.41, 5.74) is -0.131. The zero-order chi connectivity index (χ0) is 13.1. The van der Waals surface area contributed by atoms with Gasteiger partial charge in [0.05, 0.1) is 22.8 Å². The largest absolute Gasteiger partial charge is 0.514 e. The molecule has 0 bridgehead atoms. The summed E-state index contributed by atoms with van der Waals surface area (Å²) in [6.45, 7) is 7.95. The molecule has 0 aromatic carbocycles. The van der Waals surface area contributed by atoms with Crippen LogP contribution in [0.25, 0.3) is 0 Å². The maximum atomic E-state index is 13.4. The summed E-state index contributed by atoms with van der Waals surface area (Å²) in [6, 6.07) is 1.73. The van der Waals surface area contributed by atoms with Crippen molar-refractivity contribution in [3.63, 3.8) is 0 Å². The van der Waals surface area contributed by atoms with Crippen LogP contribution in [0.3, 0.4) is 0 Å². The predicted octanol–water partition coefficient (Wildman–Crippen LogP) is 1.66. The van der Waals surface area contributed by atoms with Crippen LogP contribution >= 0.6 is 0 Å². The van der Waals surface area contributed by atoms with Crippen molar-refractivity contribution >= 4 is 12.7 Å². The Bertz CT molecular complexity index is 466. The summed E-state index contributed by atoms with van der Waals surface area (Å²) in [6.07, 6.45) is 2.10. The fraction of sp³-hybridized carbons (Fsp3) is 0.750. The summed E-state index contributed by atoms with van der Waals surface area (Å²) in [5.74, 6) is -0.466. The first-order valence-corrected chi connectivity index (χ1v) is 6.41. The minimum absolute atomic E-state index is 0.309. The molecule has 2 fully saturated rings. The molecule has 0 N–H and O–H groups in total. The monoisotopic (exact) mass is 252 g/mol. The highest BCUT2D eigenvalue weighted by Gasteiger charge is 2.53. The van der Waals surface area contributed by atoms with Gasteiger partial charge in [0.2, 0.25) is 5.95 Å². The zero-order valence-electron chi connectivity index (χ0n) is 11.2. The van der Waals surface area contributed by atoms with Gasteiger partial charge >= 0.3 is 7.12 Å². The SMILES string of the molecule is CC1(C)OB(c2cc(F)nn2C2CC2)OC1(C)C. The minimum Gasteiger partial charge on any atom is -0.398 e. The van der Waals surface area contributed by atoms with Gasteiger partial charge in [0, 0.05) is 6.07 Å². The number of rotatable bonds is 2. The second kappa shape index (κ2) is 3.57. The molecule has 0 radical (unpaired) electrons. The molecule has 3 rings (SSSR count). The van der Waals surface area contributed by atoms with Gasteiger partial charge in [-0.05, 0) is 40.5 Å². The Morgan fingerprint density at radius 3 is 2.33 bits per heavy atom. The third kappa shape index (κ3) is 1.78. The Kier molecular flexibility index (Phi) is 2.42. The van der Waals surface area contributed by atoms with Crippen LogP contribution in [0.4, 0.5) is 4.39 Å². The van der Waals surface area contributed by atoms with Crippen molar-refractivity contribution in [1.29, 1.82) is 0 Å². The van der Waals surface area contributed by atoms with Crippen molar-refractivity contribution in [2.24, 2.45) is 0 Å². The van der Waals surface area contributed by atoms with E-state index in [1.165, 1.54) is 6.07 Å². The molecule has 1 saturated carbocycles. The molecule has 2 aliphatic rings. The van der Waals surface area contributed by atoms with E-state index in [0.717, 1.165) is 12.8 Å². The van der Waals surface area contributed by atoms with Crippen molar-refractivity contribution in [2.45, 2.75) is 57.8 Å². The fourth-order valence-electron chi connectivity index (χ4n) is 2.13. The number of hydrogen-bond acceptors (Lipinski definition) is 3. The van der Waals surface area contributed by atoms with Gasteiger partial charge in [-0.2, -0.15) is 4.39 Å². The second-order valence-corrected chi connectivity index (χ2v) is 6.16. The number of nitrogens with zero attached hydrogens (tertiary/aromatic N) is 2. The van der Waals surface area contributed by atoms with Gasteiger partial charge in [0.15, 0.2) is 0 Å². The molecule has 1 aliphatic heterocycles. The average molecular weight is 252 g/mol. The van der Waals surface area contributed by atoms with Gasteiger partial charge in [0.25, 0.3) is 0 Å². The second-order valence-electron chi connectivity index (χ2n) is 6.16. The number of aromatic nitrogens is 2. The molecule has 18 heavy (non-hydrogen) atoms. The molecule has 6 heteroatoms. The number of halogens is 1. The Morgan fingerprint density at radius 2 is 1.83 bits per heavy atom. The maximum absolute atomic E-state index is 13.4. The Morgan fingerprint density at radius 1 is 1.28 bits per heavy atom. The summed E-state index contributed by atoms with van der Waals surface area (Å²) in [7, 11) is -0.535. The molecule has 1 aliphatic carbocycles. The van der Waals surface area contributed by atoms with Gasteiger partial charge < -0.3 is 9.31 Å². The third-order valence-corrected chi connectivity index (χ3v) is 4.12. The summed E-state index contributed by atoms with van der Waals surface area (Å²) >= 11 is 0. The first-order valence-electron chi connectivity index (χ1n) is 6.41. The first kappa shape index (κ1) is 12.2. The smallest absolute Gasteiger partial charge is 0.398 e. The van der Waals surface area contributed by atoms with Gasteiger partial charge in [-0.15, -0.1) is 5.10 Å². The molecule has 2 heterocycles. The van der Waals surface area contributed by atoms with E-state index in [-0.39, 0.29) is 0 Å². The van der Waals surface area contributed by atoms with Crippen molar-refractivity contribution in [2.75, 3.05) is 0 Å². The standard InChI is InChI=1S/C12H18BFN2O2/c1-11(2)12(3,4)18-13(17-11)9-7-10(14)15-16(9)8-5-6-8/h7-8H,5-6H2,1-4H3. The third-order valence-electron chi connectivity index (χ3n) is 4.12. The van der Waals surface area contributed by atoms with Gasteiger partial charge in [-0.25, -0.2) is 0 Å². The van der Waals surface area contributed by atoms with Crippen LogP contribution < -0.4 is 5.59 Å². The molecule has 0 spiro atoms. The van der Waals surface area contributed by atoms with Crippen molar-refractivity contribution in [3.8, 4) is 0 Å². The highest BCUT2D eigenvalue weighted by atomic mass is 19.1. The molecule has 0 amide bonds. The molecule has 1 saturated heterocycles. The van der Waals surface area contributed by atoms with E-state index in [0.29, 0.717) is 11.6 Å².